The summed E-state index contributed by atoms with van der Waals surface area (Å²) in [4.78, 5) is 19.6. The molecule has 0 spiro atoms. The van der Waals surface area contributed by atoms with E-state index in [1.54, 1.807) is 11.0 Å². The minimum absolute atomic E-state index is 0.0750. The van der Waals surface area contributed by atoms with Crippen LogP contribution in [0.1, 0.15) is 12.3 Å². The number of methoxy groups -OCH3 is 2. The third-order valence-corrected chi connectivity index (χ3v) is 8.11. The van der Waals surface area contributed by atoms with Crippen LogP contribution in [0.4, 0.5) is 0 Å². The number of aryl methyl sites for hydroxylation is 1. The minimum Gasteiger partial charge on any atom is -0.493 e. The summed E-state index contributed by atoms with van der Waals surface area (Å²) < 4.78 is 43.1. The lowest BCUT2D eigenvalue weighted by Gasteiger charge is -2.34. The largest absolute Gasteiger partial charge is 0.493 e. The molecule has 33 heavy (non-hydrogen) atoms. The molecule has 0 unspecified atom stereocenters. The highest BCUT2D eigenvalue weighted by molar-refractivity contribution is 7.89. The molecule has 1 saturated heterocycles. The number of sulfonamides is 1. The predicted molar refractivity (Wildman–Crippen MR) is 121 cm³/mol. The molecule has 4 rings (SSSR count). The minimum atomic E-state index is -3.72. The molecular weight excluding hydrogens is 468 g/mol. The summed E-state index contributed by atoms with van der Waals surface area (Å²) in [5.41, 5.74) is 0. The Morgan fingerprint density at radius 1 is 1.12 bits per heavy atom. The SMILES string of the molecule is COc1ccc(S(=O)(=O)N2CCN(C(=O)CCc3nc(-c4cccs4)no3)CC2)cc1OC. The molecule has 1 aliphatic heterocycles. The van der Waals surface area contributed by atoms with Gasteiger partial charge in [0.1, 0.15) is 0 Å². The number of ether oxygens (including phenoxy) is 2. The first-order valence-corrected chi connectivity index (χ1v) is 12.6. The predicted octanol–water partition coefficient (Wildman–Crippen LogP) is 2.28. The molecule has 0 N–H and O–H groups in total. The molecule has 12 heteroatoms. The van der Waals surface area contributed by atoms with Gasteiger partial charge in [-0.25, -0.2) is 8.42 Å². The standard InChI is InChI=1S/C21H24N4O6S2/c1-29-16-6-5-15(14-17(16)30-2)33(27,28)25-11-9-24(10-12-25)20(26)8-7-19-22-21(23-31-19)18-4-3-13-32-18/h3-6,13-14H,7-12H2,1-2H3. The van der Waals surface area contributed by atoms with Crippen molar-refractivity contribution in [1.82, 2.24) is 19.3 Å². The molecule has 1 aromatic carbocycles. The van der Waals surface area contributed by atoms with Gasteiger partial charge in [-0.15, -0.1) is 11.3 Å². The topological polar surface area (TPSA) is 115 Å². The molecular formula is C21H24N4O6S2. The maximum absolute atomic E-state index is 13.0. The van der Waals surface area contributed by atoms with Crippen molar-refractivity contribution in [2.24, 2.45) is 0 Å². The van der Waals surface area contributed by atoms with Crippen LogP contribution < -0.4 is 9.47 Å². The fourth-order valence-electron chi connectivity index (χ4n) is 3.54. The van der Waals surface area contributed by atoms with E-state index in [0.29, 0.717) is 42.7 Å². The van der Waals surface area contributed by atoms with Crippen LogP contribution >= 0.6 is 11.3 Å². The molecule has 0 saturated carbocycles. The summed E-state index contributed by atoms with van der Waals surface area (Å²) in [6, 6.07) is 8.31. The summed E-state index contributed by atoms with van der Waals surface area (Å²) in [6.07, 6.45) is 0.551. The Labute approximate surface area is 195 Å². The Balaban J connectivity index is 1.32. The monoisotopic (exact) mass is 492 g/mol. The highest BCUT2D eigenvalue weighted by atomic mass is 32.2. The van der Waals surface area contributed by atoms with E-state index in [0.717, 1.165) is 4.88 Å². The van der Waals surface area contributed by atoms with E-state index in [1.807, 2.05) is 17.5 Å². The number of carbonyl (C=O) groups excluding carboxylic acids is 1. The first-order valence-electron chi connectivity index (χ1n) is 10.3. The normalized spacial score (nSPS) is 14.9. The first-order chi connectivity index (χ1) is 15.9. The highest BCUT2D eigenvalue weighted by Crippen LogP contribution is 2.31. The Morgan fingerprint density at radius 3 is 2.55 bits per heavy atom. The number of piperazine rings is 1. The van der Waals surface area contributed by atoms with Gasteiger partial charge in [-0.1, -0.05) is 11.2 Å². The fourth-order valence-corrected chi connectivity index (χ4v) is 5.63. The average Bonchev–Trinajstić information content (AvgIpc) is 3.54. The molecule has 2 aromatic heterocycles. The maximum atomic E-state index is 13.0. The highest BCUT2D eigenvalue weighted by Gasteiger charge is 2.30. The van der Waals surface area contributed by atoms with E-state index in [4.69, 9.17) is 14.0 Å². The number of hydrogen-bond donors (Lipinski definition) is 0. The summed E-state index contributed by atoms with van der Waals surface area (Å²) in [5, 5.41) is 5.88. The van der Waals surface area contributed by atoms with Gasteiger partial charge in [0.25, 0.3) is 0 Å². The fraction of sp³-hybridized carbons (Fsp3) is 0.381. The number of aromatic nitrogens is 2. The number of carbonyl (C=O) groups is 1. The van der Waals surface area contributed by atoms with Gasteiger partial charge in [-0.3, -0.25) is 4.79 Å². The van der Waals surface area contributed by atoms with Crippen LogP contribution in [0.15, 0.2) is 45.1 Å². The summed E-state index contributed by atoms with van der Waals surface area (Å²) >= 11 is 1.51. The van der Waals surface area contributed by atoms with E-state index in [9.17, 15) is 13.2 Å². The van der Waals surface area contributed by atoms with Crippen LogP contribution in [-0.2, 0) is 21.2 Å². The Kier molecular flexibility index (Phi) is 6.96. The smallest absolute Gasteiger partial charge is 0.243 e. The number of thiophene rings is 1. The van der Waals surface area contributed by atoms with E-state index < -0.39 is 10.0 Å². The zero-order chi connectivity index (χ0) is 23.4. The van der Waals surface area contributed by atoms with E-state index in [1.165, 1.54) is 42.0 Å². The van der Waals surface area contributed by atoms with Gasteiger partial charge in [0.15, 0.2) is 11.5 Å². The van der Waals surface area contributed by atoms with Gasteiger partial charge in [-0.2, -0.15) is 9.29 Å². The molecule has 1 aliphatic rings. The van der Waals surface area contributed by atoms with Crippen LogP contribution in [-0.4, -0.2) is 74.1 Å². The molecule has 3 heterocycles. The van der Waals surface area contributed by atoms with Crippen molar-refractivity contribution < 1.29 is 27.2 Å². The zero-order valence-electron chi connectivity index (χ0n) is 18.3. The maximum Gasteiger partial charge on any atom is 0.243 e. The second kappa shape index (κ2) is 9.89. The van der Waals surface area contributed by atoms with Gasteiger partial charge in [0.05, 0.1) is 24.0 Å². The van der Waals surface area contributed by atoms with E-state index >= 15 is 0 Å². The number of hydrogen-bond acceptors (Lipinski definition) is 9. The van der Waals surface area contributed by atoms with Gasteiger partial charge >= 0.3 is 0 Å². The number of amides is 1. The van der Waals surface area contributed by atoms with Crippen molar-refractivity contribution in [3.05, 3.63) is 41.6 Å². The number of rotatable bonds is 8. The first kappa shape index (κ1) is 23.2. The zero-order valence-corrected chi connectivity index (χ0v) is 19.9. The Bertz CT molecular complexity index is 1200. The summed E-state index contributed by atoms with van der Waals surface area (Å²) in [6.45, 7) is 1.06. The van der Waals surface area contributed by atoms with Gasteiger partial charge < -0.3 is 18.9 Å². The molecule has 0 radical (unpaired) electrons. The average molecular weight is 493 g/mol. The molecule has 3 aromatic rings. The lowest BCUT2D eigenvalue weighted by atomic mass is 10.2. The van der Waals surface area contributed by atoms with Crippen molar-refractivity contribution >= 4 is 27.3 Å². The van der Waals surface area contributed by atoms with Crippen LogP contribution in [0.2, 0.25) is 0 Å². The molecule has 1 amide bonds. The van der Waals surface area contributed by atoms with Crippen LogP contribution in [0.5, 0.6) is 11.5 Å². The Morgan fingerprint density at radius 2 is 1.88 bits per heavy atom. The summed E-state index contributed by atoms with van der Waals surface area (Å²) in [7, 11) is -0.771. The molecule has 1 fully saturated rings. The second-order valence-corrected chi connectivity index (χ2v) is 10.2. The molecule has 0 bridgehead atoms. The van der Waals surface area contributed by atoms with Crippen molar-refractivity contribution in [3.8, 4) is 22.2 Å². The third-order valence-electron chi connectivity index (χ3n) is 5.35. The van der Waals surface area contributed by atoms with Crippen LogP contribution in [0, 0.1) is 0 Å². The van der Waals surface area contributed by atoms with Gasteiger partial charge in [0, 0.05) is 45.1 Å². The van der Waals surface area contributed by atoms with Gasteiger partial charge in [-0.05, 0) is 23.6 Å². The summed E-state index contributed by atoms with van der Waals surface area (Å²) in [5.74, 6) is 1.64. The molecule has 10 nitrogen and oxygen atoms in total. The van der Waals surface area contributed by atoms with Crippen molar-refractivity contribution in [1.29, 1.82) is 0 Å². The van der Waals surface area contributed by atoms with Crippen molar-refractivity contribution in [2.75, 3.05) is 40.4 Å². The second-order valence-electron chi connectivity index (χ2n) is 7.29. The van der Waals surface area contributed by atoms with Crippen molar-refractivity contribution in [2.45, 2.75) is 17.7 Å². The van der Waals surface area contributed by atoms with E-state index in [-0.39, 0.29) is 30.3 Å². The molecule has 0 atom stereocenters. The van der Waals surface area contributed by atoms with Crippen molar-refractivity contribution in [3.63, 3.8) is 0 Å². The number of nitrogens with zero attached hydrogens (tertiary/aromatic N) is 4. The van der Waals surface area contributed by atoms with E-state index in [2.05, 4.69) is 10.1 Å². The lowest BCUT2D eigenvalue weighted by molar-refractivity contribution is -0.132. The molecule has 176 valence electrons. The van der Waals surface area contributed by atoms with Gasteiger partial charge in [0.2, 0.25) is 27.6 Å². The quantitative estimate of drug-likeness (QED) is 0.470. The third kappa shape index (κ3) is 5.02. The Hall–Kier alpha value is -2.96. The van der Waals surface area contributed by atoms with Crippen LogP contribution in [0.25, 0.3) is 10.7 Å². The molecule has 0 aliphatic carbocycles. The lowest BCUT2D eigenvalue weighted by Crippen LogP contribution is -2.50. The number of benzene rings is 1. The van der Waals surface area contributed by atoms with Crippen LogP contribution in [0.3, 0.4) is 0 Å².